The molecule has 2 unspecified atom stereocenters. The highest BCUT2D eigenvalue weighted by molar-refractivity contribution is 5.38. The number of rotatable bonds is 1. The molecule has 2 aromatic rings. The summed E-state index contributed by atoms with van der Waals surface area (Å²) in [5.41, 5.74) is 12.0. The Hall–Kier alpha value is -1.53. The first-order valence-corrected chi connectivity index (χ1v) is 5.64. The molecule has 0 bridgehead atoms. The molecule has 1 aliphatic rings. The lowest BCUT2D eigenvalue weighted by Gasteiger charge is -2.19. The van der Waals surface area contributed by atoms with Crippen molar-refractivity contribution >= 4 is 5.65 Å². The molecular weight excluding hydrogens is 221 g/mol. The van der Waals surface area contributed by atoms with Gasteiger partial charge >= 0.3 is 0 Å². The number of hydrogen-bond acceptors (Lipinski definition) is 4. The van der Waals surface area contributed by atoms with Crippen LogP contribution in [0, 0.1) is 5.82 Å². The minimum atomic E-state index is -0.568. The quantitative estimate of drug-likeness (QED) is 0.755. The minimum absolute atomic E-state index is 0.100. The summed E-state index contributed by atoms with van der Waals surface area (Å²) in [6.07, 6.45) is 3.86. The molecule has 0 aromatic carbocycles. The summed E-state index contributed by atoms with van der Waals surface area (Å²) >= 11 is 0. The fourth-order valence-corrected chi connectivity index (χ4v) is 2.39. The summed E-state index contributed by atoms with van der Waals surface area (Å²) in [4.78, 5) is 4.29. The van der Waals surface area contributed by atoms with Crippen molar-refractivity contribution in [2.24, 2.45) is 11.5 Å². The van der Waals surface area contributed by atoms with Crippen LogP contribution in [0.2, 0.25) is 0 Å². The number of hydrogen-bond donors (Lipinski definition) is 2. The van der Waals surface area contributed by atoms with E-state index in [1.54, 1.807) is 6.20 Å². The minimum Gasteiger partial charge on any atom is -0.328 e. The Labute approximate surface area is 97.6 Å². The molecule has 1 saturated carbocycles. The Bertz CT molecular complexity index is 566. The van der Waals surface area contributed by atoms with E-state index in [9.17, 15) is 4.39 Å². The van der Waals surface area contributed by atoms with Gasteiger partial charge in [0, 0.05) is 18.3 Å². The molecule has 1 fully saturated rings. The van der Waals surface area contributed by atoms with Crippen molar-refractivity contribution in [2.75, 3.05) is 0 Å². The topological polar surface area (TPSA) is 82.2 Å². The van der Waals surface area contributed by atoms with Crippen LogP contribution >= 0.6 is 0 Å². The van der Waals surface area contributed by atoms with E-state index in [0.29, 0.717) is 17.9 Å². The molecule has 1 aliphatic carbocycles. The molecule has 2 heterocycles. The SMILES string of the molecule is NC1CCC(N)(c2nc3cc(F)ccn3n2)C1. The maximum Gasteiger partial charge on any atom is 0.171 e. The number of halogens is 1. The van der Waals surface area contributed by atoms with E-state index in [0.717, 1.165) is 12.8 Å². The summed E-state index contributed by atoms with van der Waals surface area (Å²) < 4.78 is 14.6. The van der Waals surface area contributed by atoms with Gasteiger partial charge in [-0.05, 0) is 25.3 Å². The smallest absolute Gasteiger partial charge is 0.171 e. The molecule has 0 amide bonds. The molecule has 0 aliphatic heterocycles. The molecule has 5 nitrogen and oxygen atoms in total. The highest BCUT2D eigenvalue weighted by Gasteiger charge is 2.39. The van der Waals surface area contributed by atoms with Gasteiger partial charge in [0.05, 0.1) is 5.54 Å². The van der Waals surface area contributed by atoms with Gasteiger partial charge in [0.2, 0.25) is 0 Å². The Kier molecular flexibility index (Phi) is 2.17. The third-order valence-electron chi connectivity index (χ3n) is 3.33. The van der Waals surface area contributed by atoms with Gasteiger partial charge in [-0.25, -0.2) is 13.9 Å². The third-order valence-corrected chi connectivity index (χ3v) is 3.33. The Balaban J connectivity index is 2.06. The maximum atomic E-state index is 13.0. The first kappa shape index (κ1) is 10.6. The molecule has 90 valence electrons. The van der Waals surface area contributed by atoms with Crippen molar-refractivity contribution in [1.29, 1.82) is 0 Å². The average molecular weight is 235 g/mol. The second kappa shape index (κ2) is 3.48. The van der Waals surface area contributed by atoms with E-state index >= 15 is 0 Å². The first-order valence-electron chi connectivity index (χ1n) is 5.64. The number of aromatic nitrogens is 3. The van der Waals surface area contributed by atoms with Gasteiger partial charge in [0.1, 0.15) is 5.82 Å². The van der Waals surface area contributed by atoms with Crippen molar-refractivity contribution < 1.29 is 4.39 Å². The summed E-state index contributed by atoms with van der Waals surface area (Å²) in [5, 5.41) is 4.30. The van der Waals surface area contributed by atoms with Crippen LogP contribution in [0.25, 0.3) is 5.65 Å². The lowest BCUT2D eigenvalue weighted by atomic mass is 9.98. The molecule has 0 spiro atoms. The predicted octanol–water partition coefficient (Wildman–Crippen LogP) is 0.534. The standard InChI is InChI=1S/C11H14FN5/c12-7-2-4-17-9(5-7)15-10(16-17)11(14)3-1-8(13)6-11/h2,4-5,8H,1,3,6,13-14H2. The van der Waals surface area contributed by atoms with Gasteiger partial charge in [-0.1, -0.05) is 0 Å². The summed E-state index contributed by atoms with van der Waals surface area (Å²) in [6.45, 7) is 0. The second-order valence-corrected chi connectivity index (χ2v) is 4.74. The Morgan fingerprint density at radius 3 is 3.06 bits per heavy atom. The van der Waals surface area contributed by atoms with Crippen molar-refractivity contribution in [3.05, 3.63) is 30.0 Å². The zero-order valence-corrected chi connectivity index (χ0v) is 9.31. The molecule has 0 radical (unpaired) electrons. The van der Waals surface area contributed by atoms with Crippen LogP contribution in [-0.4, -0.2) is 20.6 Å². The van der Waals surface area contributed by atoms with Crippen LogP contribution in [0.4, 0.5) is 4.39 Å². The van der Waals surface area contributed by atoms with Crippen LogP contribution in [0.15, 0.2) is 18.3 Å². The lowest BCUT2D eigenvalue weighted by Crippen LogP contribution is -2.36. The van der Waals surface area contributed by atoms with Crippen molar-refractivity contribution in [2.45, 2.75) is 30.8 Å². The number of nitrogens with two attached hydrogens (primary N) is 2. The predicted molar refractivity (Wildman–Crippen MR) is 60.6 cm³/mol. The molecule has 2 aromatic heterocycles. The van der Waals surface area contributed by atoms with E-state index in [2.05, 4.69) is 10.1 Å². The van der Waals surface area contributed by atoms with Crippen molar-refractivity contribution in [3.63, 3.8) is 0 Å². The second-order valence-electron chi connectivity index (χ2n) is 4.74. The van der Waals surface area contributed by atoms with E-state index in [1.165, 1.54) is 16.6 Å². The Morgan fingerprint density at radius 2 is 2.35 bits per heavy atom. The molecular formula is C11H14FN5. The summed E-state index contributed by atoms with van der Waals surface area (Å²) in [5.74, 6) is 0.224. The molecule has 3 rings (SSSR count). The molecule has 0 saturated heterocycles. The number of fused-ring (bicyclic) bond motifs is 1. The van der Waals surface area contributed by atoms with E-state index in [-0.39, 0.29) is 11.9 Å². The highest BCUT2D eigenvalue weighted by Crippen LogP contribution is 2.34. The van der Waals surface area contributed by atoms with Gasteiger partial charge in [0.25, 0.3) is 0 Å². The van der Waals surface area contributed by atoms with Gasteiger partial charge < -0.3 is 11.5 Å². The van der Waals surface area contributed by atoms with Gasteiger partial charge in [-0.15, -0.1) is 5.10 Å². The molecule has 2 atom stereocenters. The van der Waals surface area contributed by atoms with E-state index in [1.807, 2.05) is 0 Å². The van der Waals surface area contributed by atoms with Crippen LogP contribution in [0.5, 0.6) is 0 Å². The first-order chi connectivity index (χ1) is 8.07. The molecule has 17 heavy (non-hydrogen) atoms. The van der Waals surface area contributed by atoms with Crippen molar-refractivity contribution in [3.8, 4) is 0 Å². The van der Waals surface area contributed by atoms with Crippen molar-refractivity contribution in [1.82, 2.24) is 14.6 Å². The molecule has 4 N–H and O–H groups in total. The maximum absolute atomic E-state index is 13.0. The van der Waals surface area contributed by atoms with E-state index in [4.69, 9.17) is 11.5 Å². The van der Waals surface area contributed by atoms with Gasteiger partial charge in [-0.2, -0.15) is 0 Å². The highest BCUT2D eigenvalue weighted by atomic mass is 19.1. The molecule has 6 heteroatoms. The summed E-state index contributed by atoms with van der Waals surface area (Å²) in [6, 6.07) is 2.78. The van der Waals surface area contributed by atoms with Gasteiger partial charge in [0.15, 0.2) is 11.5 Å². The van der Waals surface area contributed by atoms with Crippen LogP contribution < -0.4 is 11.5 Å². The monoisotopic (exact) mass is 235 g/mol. The van der Waals surface area contributed by atoms with Crippen LogP contribution in [0.3, 0.4) is 0 Å². The van der Waals surface area contributed by atoms with E-state index < -0.39 is 5.54 Å². The third kappa shape index (κ3) is 1.69. The average Bonchev–Trinajstić information content (AvgIpc) is 2.83. The van der Waals surface area contributed by atoms with Gasteiger partial charge in [-0.3, -0.25) is 0 Å². The largest absolute Gasteiger partial charge is 0.328 e. The zero-order valence-electron chi connectivity index (χ0n) is 9.31. The fourth-order valence-electron chi connectivity index (χ4n) is 2.39. The lowest BCUT2D eigenvalue weighted by molar-refractivity contribution is 0.425. The zero-order chi connectivity index (χ0) is 12.0. The summed E-state index contributed by atoms with van der Waals surface area (Å²) in [7, 11) is 0. The normalized spacial score (nSPS) is 29.0. The Morgan fingerprint density at radius 1 is 1.53 bits per heavy atom. The van der Waals surface area contributed by atoms with Crippen LogP contribution in [-0.2, 0) is 5.54 Å². The number of nitrogens with zero attached hydrogens (tertiary/aromatic N) is 3. The fraction of sp³-hybridized carbons (Fsp3) is 0.455. The number of pyridine rings is 1. The van der Waals surface area contributed by atoms with Crippen LogP contribution in [0.1, 0.15) is 25.1 Å².